The molecular weight excluding hydrogens is 256 g/mol. The molecule has 0 aromatic carbocycles. The molecule has 0 spiro atoms. The van der Waals surface area contributed by atoms with Gasteiger partial charge in [0.1, 0.15) is 0 Å². The van der Waals surface area contributed by atoms with E-state index in [9.17, 15) is 13.5 Å². The van der Waals surface area contributed by atoms with Crippen molar-refractivity contribution in [3.63, 3.8) is 0 Å². The van der Waals surface area contributed by atoms with Crippen LogP contribution in [0.15, 0.2) is 0 Å². The molecule has 1 aliphatic carbocycles. The highest BCUT2D eigenvalue weighted by Gasteiger charge is 2.34. The second kappa shape index (κ2) is 5.42. The summed E-state index contributed by atoms with van der Waals surface area (Å²) in [5.74, 6) is 0.273. The lowest BCUT2D eigenvalue weighted by molar-refractivity contribution is -0.0444. The van der Waals surface area contributed by atoms with E-state index in [-0.39, 0.29) is 24.7 Å². The minimum absolute atomic E-state index is 0.0984. The molecule has 106 valence electrons. The normalized spacial score (nSPS) is 32.4. The van der Waals surface area contributed by atoms with Gasteiger partial charge in [-0.15, -0.1) is 0 Å². The zero-order chi connectivity index (χ0) is 13.3. The van der Waals surface area contributed by atoms with Gasteiger partial charge in [0.25, 0.3) is 10.2 Å². The maximum Gasteiger partial charge on any atom is 0.279 e. The SMILES string of the molecule is C[C@@H]1CN(S(=O)(=O)NC[C@@H](O)C2CC2)C[C@@H](C)O1. The van der Waals surface area contributed by atoms with E-state index in [1.807, 2.05) is 13.8 Å². The summed E-state index contributed by atoms with van der Waals surface area (Å²) in [6.07, 6.45) is 1.23. The van der Waals surface area contributed by atoms with Crippen molar-refractivity contribution in [1.82, 2.24) is 9.03 Å². The molecule has 3 atom stereocenters. The Labute approximate surface area is 108 Å². The van der Waals surface area contributed by atoms with Crippen LogP contribution in [-0.2, 0) is 14.9 Å². The summed E-state index contributed by atoms with van der Waals surface area (Å²) < 4.78 is 33.5. The van der Waals surface area contributed by atoms with Gasteiger partial charge in [-0.25, -0.2) is 0 Å². The highest BCUT2D eigenvalue weighted by Crippen LogP contribution is 2.32. The Morgan fingerprint density at radius 2 is 1.89 bits per heavy atom. The molecule has 1 heterocycles. The third kappa shape index (κ3) is 3.64. The molecule has 0 aromatic rings. The maximum atomic E-state index is 12.1. The largest absolute Gasteiger partial charge is 0.391 e. The number of nitrogens with zero attached hydrogens (tertiary/aromatic N) is 1. The fraction of sp³-hybridized carbons (Fsp3) is 1.00. The molecule has 0 amide bonds. The van der Waals surface area contributed by atoms with Gasteiger partial charge >= 0.3 is 0 Å². The lowest BCUT2D eigenvalue weighted by Crippen LogP contribution is -2.52. The Bertz CT molecular complexity index is 373. The highest BCUT2D eigenvalue weighted by atomic mass is 32.2. The van der Waals surface area contributed by atoms with E-state index in [0.717, 1.165) is 12.8 Å². The van der Waals surface area contributed by atoms with Crippen molar-refractivity contribution in [3.05, 3.63) is 0 Å². The Balaban J connectivity index is 1.88. The van der Waals surface area contributed by atoms with Crippen LogP contribution in [0.1, 0.15) is 26.7 Å². The average molecular weight is 278 g/mol. The van der Waals surface area contributed by atoms with Crippen molar-refractivity contribution in [2.24, 2.45) is 5.92 Å². The summed E-state index contributed by atoms with van der Waals surface area (Å²) in [6, 6.07) is 0. The van der Waals surface area contributed by atoms with Gasteiger partial charge in [0.05, 0.1) is 18.3 Å². The summed E-state index contributed by atoms with van der Waals surface area (Å²) >= 11 is 0. The third-order valence-electron chi connectivity index (χ3n) is 3.37. The Morgan fingerprint density at radius 1 is 1.33 bits per heavy atom. The fourth-order valence-corrected chi connectivity index (χ4v) is 3.63. The number of hydrogen-bond donors (Lipinski definition) is 2. The van der Waals surface area contributed by atoms with Crippen molar-refractivity contribution in [2.45, 2.75) is 45.0 Å². The fourth-order valence-electron chi connectivity index (χ4n) is 2.26. The van der Waals surface area contributed by atoms with Gasteiger partial charge in [0.2, 0.25) is 0 Å². The molecular formula is C11H22N2O4S. The molecule has 1 aliphatic heterocycles. The lowest BCUT2D eigenvalue weighted by atomic mass is 10.2. The lowest BCUT2D eigenvalue weighted by Gasteiger charge is -2.34. The molecule has 0 radical (unpaired) electrons. The Morgan fingerprint density at radius 3 is 2.39 bits per heavy atom. The minimum Gasteiger partial charge on any atom is -0.391 e. The number of rotatable bonds is 5. The molecule has 1 saturated carbocycles. The van der Waals surface area contributed by atoms with Crippen molar-refractivity contribution < 1.29 is 18.3 Å². The highest BCUT2D eigenvalue weighted by molar-refractivity contribution is 7.87. The first-order valence-electron chi connectivity index (χ1n) is 6.46. The van der Waals surface area contributed by atoms with E-state index >= 15 is 0 Å². The molecule has 18 heavy (non-hydrogen) atoms. The standard InChI is InChI=1S/C11H22N2O4S/c1-8-6-13(7-9(2)17-8)18(15,16)12-5-11(14)10-3-4-10/h8-12,14H,3-7H2,1-2H3/t8-,9-,11-/m1/s1. The topological polar surface area (TPSA) is 78.9 Å². The zero-order valence-corrected chi connectivity index (χ0v) is 11.7. The van der Waals surface area contributed by atoms with Gasteiger partial charge in [-0.2, -0.15) is 17.4 Å². The van der Waals surface area contributed by atoms with Gasteiger partial charge in [-0.3, -0.25) is 0 Å². The van der Waals surface area contributed by atoms with Gasteiger partial charge in [0, 0.05) is 19.6 Å². The van der Waals surface area contributed by atoms with E-state index in [0.29, 0.717) is 13.1 Å². The maximum absolute atomic E-state index is 12.1. The number of hydrogen-bond acceptors (Lipinski definition) is 4. The number of nitrogens with one attached hydrogen (secondary N) is 1. The zero-order valence-electron chi connectivity index (χ0n) is 10.9. The summed E-state index contributed by atoms with van der Waals surface area (Å²) in [5.41, 5.74) is 0. The smallest absolute Gasteiger partial charge is 0.279 e. The van der Waals surface area contributed by atoms with Crippen molar-refractivity contribution in [1.29, 1.82) is 0 Å². The molecule has 1 saturated heterocycles. The summed E-state index contributed by atoms with van der Waals surface area (Å²) in [7, 11) is -3.51. The van der Waals surface area contributed by atoms with E-state index in [1.54, 1.807) is 0 Å². The van der Waals surface area contributed by atoms with Gasteiger partial charge < -0.3 is 9.84 Å². The van der Waals surface area contributed by atoms with Gasteiger partial charge in [-0.1, -0.05) is 0 Å². The molecule has 6 nitrogen and oxygen atoms in total. The molecule has 2 N–H and O–H groups in total. The van der Waals surface area contributed by atoms with E-state index in [1.165, 1.54) is 4.31 Å². The molecule has 2 fully saturated rings. The van der Waals surface area contributed by atoms with Crippen LogP contribution in [-0.4, -0.2) is 55.8 Å². The second-order valence-corrected chi connectivity index (χ2v) is 7.09. The van der Waals surface area contributed by atoms with Crippen molar-refractivity contribution in [2.75, 3.05) is 19.6 Å². The Hall–Kier alpha value is -0.210. The van der Waals surface area contributed by atoms with Crippen LogP contribution in [0.25, 0.3) is 0 Å². The predicted octanol–water partition coefficient (Wildman–Crippen LogP) is -0.299. The van der Waals surface area contributed by atoms with Crippen LogP contribution in [0.2, 0.25) is 0 Å². The van der Waals surface area contributed by atoms with Crippen LogP contribution in [0, 0.1) is 5.92 Å². The quantitative estimate of drug-likeness (QED) is 0.724. The summed E-state index contributed by atoms with van der Waals surface area (Å²) in [5, 5.41) is 9.68. The Kier molecular flexibility index (Phi) is 4.28. The molecule has 7 heteroatoms. The summed E-state index contributed by atoms with van der Waals surface area (Å²) in [4.78, 5) is 0. The van der Waals surface area contributed by atoms with E-state index < -0.39 is 16.3 Å². The molecule has 2 rings (SSSR count). The number of morpholine rings is 1. The van der Waals surface area contributed by atoms with Crippen molar-refractivity contribution in [3.8, 4) is 0 Å². The third-order valence-corrected chi connectivity index (χ3v) is 4.88. The monoisotopic (exact) mass is 278 g/mol. The average Bonchev–Trinajstić information content (AvgIpc) is 3.08. The summed E-state index contributed by atoms with van der Waals surface area (Å²) in [6.45, 7) is 4.54. The number of aliphatic hydroxyl groups is 1. The van der Waals surface area contributed by atoms with Gasteiger partial charge in [0.15, 0.2) is 0 Å². The number of ether oxygens (including phenoxy) is 1. The van der Waals surface area contributed by atoms with Gasteiger partial charge in [-0.05, 0) is 32.6 Å². The first kappa shape index (κ1) is 14.2. The first-order valence-corrected chi connectivity index (χ1v) is 7.90. The number of aliphatic hydroxyl groups excluding tert-OH is 1. The van der Waals surface area contributed by atoms with Crippen LogP contribution < -0.4 is 4.72 Å². The van der Waals surface area contributed by atoms with Crippen LogP contribution >= 0.6 is 0 Å². The van der Waals surface area contributed by atoms with Crippen LogP contribution in [0.3, 0.4) is 0 Å². The first-order chi connectivity index (χ1) is 8.38. The molecule has 2 aliphatic rings. The van der Waals surface area contributed by atoms with Crippen LogP contribution in [0.4, 0.5) is 0 Å². The predicted molar refractivity (Wildman–Crippen MR) is 67.2 cm³/mol. The second-order valence-electron chi connectivity index (χ2n) is 5.33. The van der Waals surface area contributed by atoms with E-state index in [2.05, 4.69) is 4.72 Å². The molecule has 0 aromatic heterocycles. The minimum atomic E-state index is -3.51. The van der Waals surface area contributed by atoms with Crippen LogP contribution in [0.5, 0.6) is 0 Å². The molecule has 0 unspecified atom stereocenters. The molecule has 0 bridgehead atoms. The van der Waals surface area contributed by atoms with Crippen molar-refractivity contribution >= 4 is 10.2 Å². The van der Waals surface area contributed by atoms with E-state index in [4.69, 9.17) is 4.74 Å².